The Kier molecular flexibility index (Phi) is 6.53. The quantitative estimate of drug-likeness (QED) is 0.651. The van der Waals surface area contributed by atoms with Crippen LogP contribution in [0.25, 0.3) is 0 Å². The summed E-state index contributed by atoms with van der Waals surface area (Å²) in [4.78, 5) is 10.9. The largest absolute Gasteiger partial charge is 0.338 e. The third-order valence-electron chi connectivity index (χ3n) is 1.96. The summed E-state index contributed by atoms with van der Waals surface area (Å²) >= 11 is 0. The van der Waals surface area contributed by atoms with Gasteiger partial charge in [-0.15, -0.1) is 0 Å². The Morgan fingerprint density at radius 1 is 1.33 bits per heavy atom. The summed E-state index contributed by atoms with van der Waals surface area (Å²) in [6.45, 7) is 7.74. The van der Waals surface area contributed by atoms with Crippen LogP contribution in [0.3, 0.4) is 0 Å². The fraction of sp³-hybridized carbons (Fsp3) is 0.889. The minimum absolute atomic E-state index is 0.0548. The first-order valence-corrected chi connectivity index (χ1v) is 4.72. The highest BCUT2D eigenvalue weighted by molar-refractivity contribution is 5.73. The Morgan fingerprint density at radius 3 is 2.50 bits per heavy atom. The van der Waals surface area contributed by atoms with E-state index in [1.165, 1.54) is 6.42 Å². The second-order valence-electron chi connectivity index (χ2n) is 3.09. The van der Waals surface area contributed by atoms with Gasteiger partial charge >= 0.3 is 6.03 Å². The molecule has 1 atom stereocenters. The summed E-state index contributed by atoms with van der Waals surface area (Å²) < 4.78 is 0. The molecule has 2 N–H and O–H groups in total. The molecule has 0 saturated heterocycles. The Morgan fingerprint density at radius 2 is 2.00 bits per heavy atom. The topological polar surface area (TPSA) is 41.1 Å². The molecule has 0 bridgehead atoms. The van der Waals surface area contributed by atoms with E-state index < -0.39 is 0 Å². The lowest BCUT2D eigenvalue weighted by Crippen LogP contribution is -2.36. The number of hydrogen-bond acceptors (Lipinski definition) is 1. The molecule has 0 radical (unpaired) electrons. The van der Waals surface area contributed by atoms with Gasteiger partial charge in [0.15, 0.2) is 0 Å². The number of hydrogen-bond donors (Lipinski definition) is 2. The molecule has 0 aliphatic heterocycles. The molecule has 0 aromatic heterocycles. The molecule has 0 fully saturated rings. The number of rotatable bonds is 5. The van der Waals surface area contributed by atoms with E-state index in [1.807, 2.05) is 6.92 Å². The van der Waals surface area contributed by atoms with Crippen LogP contribution in [0.1, 0.15) is 33.6 Å². The Labute approximate surface area is 74.9 Å². The highest BCUT2D eigenvalue weighted by atomic mass is 16.2. The molecular weight excluding hydrogens is 152 g/mol. The molecule has 3 nitrogen and oxygen atoms in total. The summed E-state index contributed by atoms with van der Waals surface area (Å²) in [6, 6.07) is -0.0548. The maximum Gasteiger partial charge on any atom is 0.314 e. The van der Waals surface area contributed by atoms with Crippen molar-refractivity contribution in [1.29, 1.82) is 0 Å². The molecule has 3 heteroatoms. The van der Waals surface area contributed by atoms with E-state index in [4.69, 9.17) is 0 Å². The van der Waals surface area contributed by atoms with Crippen molar-refractivity contribution in [3.8, 4) is 0 Å². The number of amides is 2. The zero-order valence-electron chi connectivity index (χ0n) is 8.31. The van der Waals surface area contributed by atoms with Gasteiger partial charge in [0.1, 0.15) is 0 Å². The van der Waals surface area contributed by atoms with Crippen LogP contribution in [0.4, 0.5) is 4.79 Å². The van der Waals surface area contributed by atoms with Gasteiger partial charge in [0.2, 0.25) is 0 Å². The molecule has 0 spiro atoms. The Bertz CT molecular complexity index is 126. The fourth-order valence-electron chi connectivity index (χ4n) is 0.859. The minimum Gasteiger partial charge on any atom is -0.338 e. The van der Waals surface area contributed by atoms with Crippen LogP contribution in [-0.2, 0) is 0 Å². The van der Waals surface area contributed by atoms with Gasteiger partial charge in [0.05, 0.1) is 0 Å². The van der Waals surface area contributed by atoms with Crippen molar-refractivity contribution < 1.29 is 4.79 Å². The van der Waals surface area contributed by atoms with Crippen molar-refractivity contribution >= 4 is 6.03 Å². The third kappa shape index (κ3) is 6.01. The third-order valence-corrected chi connectivity index (χ3v) is 1.96. The van der Waals surface area contributed by atoms with Gasteiger partial charge in [-0.2, -0.15) is 0 Å². The molecule has 0 unspecified atom stereocenters. The van der Waals surface area contributed by atoms with Crippen molar-refractivity contribution in [2.45, 2.75) is 33.6 Å². The Balaban J connectivity index is 3.24. The highest BCUT2D eigenvalue weighted by Gasteiger charge is 2.00. The fourth-order valence-corrected chi connectivity index (χ4v) is 0.859. The summed E-state index contributed by atoms with van der Waals surface area (Å²) in [7, 11) is 0. The van der Waals surface area contributed by atoms with E-state index in [-0.39, 0.29) is 6.03 Å². The van der Waals surface area contributed by atoms with E-state index in [2.05, 4.69) is 24.5 Å². The van der Waals surface area contributed by atoms with Gasteiger partial charge in [0.25, 0.3) is 0 Å². The molecule has 0 aromatic carbocycles. The van der Waals surface area contributed by atoms with E-state index >= 15 is 0 Å². The molecule has 0 aliphatic carbocycles. The van der Waals surface area contributed by atoms with Crippen LogP contribution in [-0.4, -0.2) is 19.1 Å². The lowest BCUT2D eigenvalue weighted by atomic mass is 10.1. The monoisotopic (exact) mass is 172 g/mol. The predicted octanol–water partition coefficient (Wildman–Crippen LogP) is 1.74. The summed E-state index contributed by atoms with van der Waals surface area (Å²) in [5.41, 5.74) is 0. The number of nitrogens with one attached hydrogen (secondary N) is 2. The van der Waals surface area contributed by atoms with Crippen molar-refractivity contribution in [1.82, 2.24) is 10.6 Å². The standard InChI is InChI=1S/C9H20N2O/c1-4-8(3)6-7-11-9(12)10-5-2/h8H,4-7H2,1-3H3,(H2,10,11,12)/t8-/m1/s1. The van der Waals surface area contributed by atoms with E-state index in [1.54, 1.807) is 0 Å². The van der Waals surface area contributed by atoms with Crippen molar-refractivity contribution in [2.24, 2.45) is 5.92 Å². The van der Waals surface area contributed by atoms with Gasteiger partial charge in [-0.25, -0.2) is 4.79 Å². The van der Waals surface area contributed by atoms with E-state index in [0.717, 1.165) is 13.0 Å². The average molecular weight is 172 g/mol. The zero-order valence-corrected chi connectivity index (χ0v) is 8.31. The number of carbonyl (C=O) groups is 1. The van der Waals surface area contributed by atoms with Crippen LogP contribution in [0.15, 0.2) is 0 Å². The zero-order chi connectivity index (χ0) is 9.40. The van der Waals surface area contributed by atoms with Crippen LogP contribution >= 0.6 is 0 Å². The second kappa shape index (κ2) is 6.95. The molecular formula is C9H20N2O. The van der Waals surface area contributed by atoms with Crippen LogP contribution in [0.5, 0.6) is 0 Å². The first-order chi connectivity index (χ1) is 5.70. The Hall–Kier alpha value is -0.730. The van der Waals surface area contributed by atoms with Crippen LogP contribution < -0.4 is 10.6 Å². The van der Waals surface area contributed by atoms with Crippen molar-refractivity contribution in [3.05, 3.63) is 0 Å². The number of carbonyl (C=O) groups excluding carboxylic acids is 1. The van der Waals surface area contributed by atoms with Gasteiger partial charge in [-0.05, 0) is 19.3 Å². The summed E-state index contributed by atoms with van der Waals surface area (Å²) in [5, 5.41) is 5.49. The first kappa shape index (κ1) is 11.3. The molecule has 72 valence electrons. The summed E-state index contributed by atoms with van der Waals surface area (Å²) in [5.74, 6) is 0.701. The average Bonchev–Trinajstić information content (AvgIpc) is 2.04. The molecule has 0 aromatic rings. The molecule has 0 aliphatic rings. The maximum atomic E-state index is 10.9. The van der Waals surface area contributed by atoms with Crippen molar-refractivity contribution in [2.75, 3.05) is 13.1 Å². The van der Waals surface area contributed by atoms with Gasteiger partial charge in [0, 0.05) is 13.1 Å². The first-order valence-electron chi connectivity index (χ1n) is 4.72. The van der Waals surface area contributed by atoms with Gasteiger partial charge in [-0.3, -0.25) is 0 Å². The maximum absolute atomic E-state index is 10.9. The van der Waals surface area contributed by atoms with Crippen LogP contribution in [0, 0.1) is 5.92 Å². The predicted molar refractivity (Wildman–Crippen MR) is 51.1 cm³/mol. The molecule has 0 saturated carbocycles. The smallest absolute Gasteiger partial charge is 0.314 e. The van der Waals surface area contributed by atoms with E-state index in [9.17, 15) is 4.79 Å². The molecule has 12 heavy (non-hydrogen) atoms. The molecule has 0 rings (SSSR count). The lowest BCUT2D eigenvalue weighted by molar-refractivity contribution is 0.240. The molecule has 2 amide bonds. The van der Waals surface area contributed by atoms with E-state index in [0.29, 0.717) is 12.5 Å². The van der Waals surface area contributed by atoms with Crippen molar-refractivity contribution in [3.63, 3.8) is 0 Å². The normalized spacial score (nSPS) is 12.2. The van der Waals surface area contributed by atoms with Gasteiger partial charge < -0.3 is 10.6 Å². The second-order valence-corrected chi connectivity index (χ2v) is 3.09. The minimum atomic E-state index is -0.0548. The summed E-state index contributed by atoms with van der Waals surface area (Å²) in [6.07, 6.45) is 2.24. The van der Waals surface area contributed by atoms with Crippen LogP contribution in [0.2, 0.25) is 0 Å². The van der Waals surface area contributed by atoms with Gasteiger partial charge in [-0.1, -0.05) is 20.3 Å². The lowest BCUT2D eigenvalue weighted by Gasteiger charge is -2.09. The SMILES string of the molecule is CCNC(=O)NCC[C@H](C)CC. The highest BCUT2D eigenvalue weighted by Crippen LogP contribution is 2.03. The number of urea groups is 1. The molecule has 0 heterocycles.